The largest absolute Gasteiger partial charge is 0.381 e. The summed E-state index contributed by atoms with van der Waals surface area (Å²) in [5.41, 5.74) is 3.22. The fourth-order valence-electron chi connectivity index (χ4n) is 2.73. The standard InChI is InChI=1S/C17H25NO2/c1-4-20-12-15-6-5-9-18(11-15)17(19)16-8-7-13(2)14(3)10-16/h7-8,10,15H,4-6,9,11-12H2,1-3H3. The van der Waals surface area contributed by atoms with Crippen molar-refractivity contribution in [1.29, 1.82) is 0 Å². The van der Waals surface area contributed by atoms with E-state index in [4.69, 9.17) is 4.74 Å². The van der Waals surface area contributed by atoms with Crippen LogP contribution >= 0.6 is 0 Å². The fraction of sp³-hybridized carbons (Fsp3) is 0.588. The van der Waals surface area contributed by atoms with E-state index in [2.05, 4.69) is 13.8 Å². The number of piperidine rings is 1. The van der Waals surface area contributed by atoms with Gasteiger partial charge in [0, 0.05) is 25.3 Å². The molecule has 0 N–H and O–H groups in total. The van der Waals surface area contributed by atoms with Gasteiger partial charge in [0.25, 0.3) is 5.91 Å². The first kappa shape index (κ1) is 15.0. The summed E-state index contributed by atoms with van der Waals surface area (Å²) in [6, 6.07) is 5.98. The van der Waals surface area contributed by atoms with E-state index in [1.807, 2.05) is 30.0 Å². The number of carbonyl (C=O) groups is 1. The van der Waals surface area contributed by atoms with Crippen LogP contribution in [0.3, 0.4) is 0 Å². The molecule has 1 atom stereocenters. The van der Waals surface area contributed by atoms with Gasteiger partial charge in [-0.25, -0.2) is 0 Å². The highest BCUT2D eigenvalue weighted by Gasteiger charge is 2.24. The van der Waals surface area contributed by atoms with Crippen LogP contribution in [0.4, 0.5) is 0 Å². The quantitative estimate of drug-likeness (QED) is 0.844. The molecular formula is C17H25NO2. The first-order chi connectivity index (χ1) is 9.61. The fourth-order valence-corrected chi connectivity index (χ4v) is 2.73. The van der Waals surface area contributed by atoms with Gasteiger partial charge in [-0.3, -0.25) is 4.79 Å². The van der Waals surface area contributed by atoms with Gasteiger partial charge in [-0.2, -0.15) is 0 Å². The second kappa shape index (κ2) is 6.89. The Morgan fingerprint density at radius 2 is 2.15 bits per heavy atom. The molecule has 0 spiro atoms. The van der Waals surface area contributed by atoms with Crippen LogP contribution in [0.1, 0.15) is 41.3 Å². The molecular weight excluding hydrogens is 250 g/mol. The average Bonchev–Trinajstić information content (AvgIpc) is 2.47. The van der Waals surface area contributed by atoms with Gasteiger partial charge >= 0.3 is 0 Å². The molecule has 1 amide bonds. The van der Waals surface area contributed by atoms with Crippen LogP contribution in [-0.4, -0.2) is 37.1 Å². The van der Waals surface area contributed by atoms with Gasteiger partial charge in [-0.05, 0) is 62.8 Å². The molecule has 20 heavy (non-hydrogen) atoms. The van der Waals surface area contributed by atoms with Crippen molar-refractivity contribution < 1.29 is 9.53 Å². The number of benzene rings is 1. The van der Waals surface area contributed by atoms with Crippen molar-refractivity contribution in [3.63, 3.8) is 0 Å². The van der Waals surface area contributed by atoms with Gasteiger partial charge in [0.2, 0.25) is 0 Å². The van der Waals surface area contributed by atoms with Gasteiger partial charge in [0.05, 0.1) is 6.61 Å². The zero-order chi connectivity index (χ0) is 14.5. The average molecular weight is 275 g/mol. The van der Waals surface area contributed by atoms with E-state index in [0.29, 0.717) is 5.92 Å². The number of rotatable bonds is 4. The van der Waals surface area contributed by atoms with Crippen LogP contribution in [0.2, 0.25) is 0 Å². The summed E-state index contributed by atoms with van der Waals surface area (Å²) in [6.07, 6.45) is 2.24. The van der Waals surface area contributed by atoms with Gasteiger partial charge in [-0.15, -0.1) is 0 Å². The Bertz CT molecular complexity index is 470. The lowest BCUT2D eigenvalue weighted by Crippen LogP contribution is -2.41. The number of ether oxygens (including phenoxy) is 1. The second-order valence-corrected chi connectivity index (χ2v) is 5.72. The lowest BCUT2D eigenvalue weighted by molar-refractivity contribution is 0.0501. The highest BCUT2D eigenvalue weighted by molar-refractivity contribution is 5.94. The maximum absolute atomic E-state index is 12.6. The van der Waals surface area contributed by atoms with Gasteiger partial charge in [0.15, 0.2) is 0 Å². The molecule has 0 aromatic heterocycles. The Hall–Kier alpha value is -1.35. The molecule has 0 saturated carbocycles. The van der Waals surface area contributed by atoms with Gasteiger partial charge in [-0.1, -0.05) is 6.07 Å². The molecule has 2 rings (SSSR count). The van der Waals surface area contributed by atoms with Crippen LogP contribution in [0.25, 0.3) is 0 Å². The number of carbonyl (C=O) groups excluding carboxylic acids is 1. The van der Waals surface area contributed by atoms with E-state index in [0.717, 1.165) is 44.7 Å². The number of aryl methyl sites for hydroxylation is 2. The normalized spacial score (nSPS) is 19.1. The third-order valence-electron chi connectivity index (χ3n) is 4.12. The third-order valence-corrected chi connectivity index (χ3v) is 4.12. The lowest BCUT2D eigenvalue weighted by atomic mass is 9.97. The first-order valence-electron chi connectivity index (χ1n) is 7.56. The Balaban J connectivity index is 2.02. The molecule has 0 bridgehead atoms. The molecule has 1 unspecified atom stereocenters. The molecule has 0 aliphatic carbocycles. The zero-order valence-electron chi connectivity index (χ0n) is 12.8. The smallest absolute Gasteiger partial charge is 0.253 e. The number of likely N-dealkylation sites (tertiary alicyclic amines) is 1. The van der Waals surface area contributed by atoms with Crippen LogP contribution in [-0.2, 0) is 4.74 Å². The molecule has 3 heteroatoms. The summed E-state index contributed by atoms with van der Waals surface area (Å²) in [4.78, 5) is 14.6. The Labute approximate surface area is 121 Å². The Morgan fingerprint density at radius 1 is 1.35 bits per heavy atom. The lowest BCUT2D eigenvalue weighted by Gasteiger charge is -2.32. The molecule has 1 aliphatic rings. The molecule has 1 heterocycles. The predicted octanol–water partition coefficient (Wildman–Crippen LogP) is 3.19. The summed E-state index contributed by atoms with van der Waals surface area (Å²) in [5, 5.41) is 0. The molecule has 1 aromatic rings. The monoisotopic (exact) mass is 275 g/mol. The minimum absolute atomic E-state index is 0.161. The van der Waals surface area contributed by atoms with Crippen molar-refractivity contribution in [2.24, 2.45) is 5.92 Å². The van der Waals surface area contributed by atoms with Crippen molar-refractivity contribution in [2.75, 3.05) is 26.3 Å². The van der Waals surface area contributed by atoms with E-state index < -0.39 is 0 Å². The van der Waals surface area contributed by atoms with Gasteiger partial charge in [0.1, 0.15) is 0 Å². The predicted molar refractivity (Wildman–Crippen MR) is 81.0 cm³/mol. The van der Waals surface area contributed by atoms with E-state index in [-0.39, 0.29) is 5.91 Å². The van der Waals surface area contributed by atoms with Gasteiger partial charge < -0.3 is 9.64 Å². The van der Waals surface area contributed by atoms with E-state index in [9.17, 15) is 4.79 Å². The van der Waals surface area contributed by atoms with Crippen LogP contribution in [0, 0.1) is 19.8 Å². The maximum atomic E-state index is 12.6. The Kier molecular flexibility index (Phi) is 5.18. The molecule has 1 fully saturated rings. The topological polar surface area (TPSA) is 29.5 Å². The number of hydrogen-bond acceptors (Lipinski definition) is 2. The summed E-state index contributed by atoms with van der Waals surface area (Å²) in [6.45, 7) is 9.36. The van der Waals surface area contributed by atoms with Crippen LogP contribution < -0.4 is 0 Å². The van der Waals surface area contributed by atoms with E-state index in [1.54, 1.807) is 0 Å². The Morgan fingerprint density at radius 3 is 2.85 bits per heavy atom. The molecule has 1 saturated heterocycles. The zero-order valence-corrected chi connectivity index (χ0v) is 12.8. The highest BCUT2D eigenvalue weighted by atomic mass is 16.5. The molecule has 1 aliphatic heterocycles. The van der Waals surface area contributed by atoms with Crippen molar-refractivity contribution >= 4 is 5.91 Å². The third kappa shape index (κ3) is 3.60. The molecule has 110 valence electrons. The van der Waals surface area contributed by atoms with Crippen molar-refractivity contribution in [2.45, 2.75) is 33.6 Å². The van der Waals surface area contributed by atoms with E-state index >= 15 is 0 Å². The van der Waals surface area contributed by atoms with Crippen LogP contribution in [0.5, 0.6) is 0 Å². The van der Waals surface area contributed by atoms with Crippen molar-refractivity contribution in [1.82, 2.24) is 4.90 Å². The maximum Gasteiger partial charge on any atom is 0.253 e. The van der Waals surface area contributed by atoms with E-state index in [1.165, 1.54) is 11.1 Å². The molecule has 1 aromatic carbocycles. The number of nitrogens with zero attached hydrogens (tertiary/aromatic N) is 1. The molecule has 0 radical (unpaired) electrons. The summed E-state index contributed by atoms with van der Waals surface area (Å²) in [7, 11) is 0. The minimum atomic E-state index is 0.161. The second-order valence-electron chi connectivity index (χ2n) is 5.72. The summed E-state index contributed by atoms with van der Waals surface area (Å²) < 4.78 is 5.50. The van der Waals surface area contributed by atoms with Crippen molar-refractivity contribution in [3.8, 4) is 0 Å². The minimum Gasteiger partial charge on any atom is -0.381 e. The first-order valence-corrected chi connectivity index (χ1v) is 7.56. The highest BCUT2D eigenvalue weighted by Crippen LogP contribution is 2.20. The SMILES string of the molecule is CCOCC1CCCN(C(=O)c2ccc(C)c(C)c2)C1. The number of hydrogen-bond donors (Lipinski definition) is 0. The molecule has 3 nitrogen and oxygen atoms in total. The summed E-state index contributed by atoms with van der Waals surface area (Å²) in [5.74, 6) is 0.647. The summed E-state index contributed by atoms with van der Waals surface area (Å²) >= 11 is 0. The number of amides is 1. The van der Waals surface area contributed by atoms with Crippen molar-refractivity contribution in [3.05, 3.63) is 34.9 Å². The van der Waals surface area contributed by atoms with Crippen LogP contribution in [0.15, 0.2) is 18.2 Å².